The van der Waals surface area contributed by atoms with Gasteiger partial charge >= 0.3 is 5.97 Å². The van der Waals surface area contributed by atoms with Crippen molar-refractivity contribution >= 4 is 27.3 Å². The van der Waals surface area contributed by atoms with Gasteiger partial charge in [0.15, 0.2) is 15.6 Å². The second-order valence-corrected chi connectivity index (χ2v) is 7.28. The average molecular weight is 319 g/mol. The Kier molecular flexibility index (Phi) is 3.17. The Bertz CT molecular complexity index is 850. The number of sulfone groups is 1. The second kappa shape index (κ2) is 4.81. The van der Waals surface area contributed by atoms with E-state index in [0.717, 1.165) is 6.26 Å². The van der Waals surface area contributed by atoms with E-state index < -0.39 is 27.8 Å². The highest BCUT2D eigenvalue weighted by Gasteiger charge is 2.39. The third kappa shape index (κ3) is 2.23. The van der Waals surface area contributed by atoms with Gasteiger partial charge in [-0.2, -0.15) is 0 Å². The van der Waals surface area contributed by atoms with E-state index in [1.54, 1.807) is 24.3 Å². The molecule has 0 saturated heterocycles. The molecule has 0 spiro atoms. The Labute approximate surface area is 127 Å². The third-order valence-electron chi connectivity index (χ3n) is 3.78. The van der Waals surface area contributed by atoms with E-state index in [1.807, 2.05) is 0 Å². The summed E-state index contributed by atoms with van der Waals surface area (Å²) in [5.41, 5.74) is 0.786. The maximum absolute atomic E-state index is 12.5. The van der Waals surface area contributed by atoms with Gasteiger partial charge in [-0.1, -0.05) is 18.2 Å². The minimum absolute atomic E-state index is 0.221. The van der Waals surface area contributed by atoms with E-state index in [0.29, 0.717) is 11.3 Å². The predicted molar refractivity (Wildman–Crippen MR) is 80.3 cm³/mol. The zero-order chi connectivity index (χ0) is 16.1. The largest absolute Gasteiger partial charge is 0.478 e. The zero-order valence-electron chi connectivity index (χ0n) is 11.6. The fourth-order valence-electron chi connectivity index (χ4n) is 2.78. The highest BCUT2D eigenvalue weighted by Crippen LogP contribution is 2.36. The number of rotatable bonds is 2. The first-order valence-corrected chi connectivity index (χ1v) is 8.45. The lowest BCUT2D eigenvalue weighted by atomic mass is 9.82. The molecule has 0 bridgehead atoms. The van der Waals surface area contributed by atoms with Crippen molar-refractivity contribution in [2.75, 3.05) is 11.6 Å². The predicted octanol–water partition coefficient (Wildman–Crippen LogP) is 1.23. The van der Waals surface area contributed by atoms with E-state index >= 15 is 0 Å². The molecule has 3 rings (SSSR count). The van der Waals surface area contributed by atoms with Crippen molar-refractivity contribution in [3.05, 3.63) is 52.5 Å². The molecular formula is C15H13NO5S. The van der Waals surface area contributed by atoms with Crippen LogP contribution in [0.5, 0.6) is 0 Å². The summed E-state index contributed by atoms with van der Waals surface area (Å²) < 4.78 is 23.6. The lowest BCUT2D eigenvalue weighted by Gasteiger charge is -2.33. The number of Topliss-reactive ketones (excluding diaryl/α,β-unsaturated/α-hetero) is 1. The fraction of sp³-hybridized carbons (Fsp3) is 0.200. The maximum Gasteiger partial charge on any atom is 0.336 e. The van der Waals surface area contributed by atoms with Gasteiger partial charge in [0.1, 0.15) is 0 Å². The minimum atomic E-state index is -3.74. The summed E-state index contributed by atoms with van der Waals surface area (Å²) >= 11 is 0. The summed E-state index contributed by atoms with van der Waals surface area (Å²) in [6.07, 6.45) is 3.48. The normalized spacial score (nSPS) is 23.6. The van der Waals surface area contributed by atoms with Gasteiger partial charge < -0.3 is 10.4 Å². The summed E-state index contributed by atoms with van der Waals surface area (Å²) in [6.45, 7) is 0. The first-order valence-electron chi connectivity index (χ1n) is 6.56. The molecule has 7 heteroatoms. The summed E-state index contributed by atoms with van der Waals surface area (Å²) in [5.74, 6) is -2.29. The highest BCUT2D eigenvalue weighted by molar-refractivity contribution is 7.94. The van der Waals surface area contributed by atoms with Crippen LogP contribution in [-0.4, -0.2) is 37.6 Å². The van der Waals surface area contributed by atoms with Gasteiger partial charge in [-0.3, -0.25) is 4.79 Å². The highest BCUT2D eigenvalue weighted by atomic mass is 32.2. The van der Waals surface area contributed by atoms with Crippen molar-refractivity contribution < 1.29 is 23.1 Å². The Balaban J connectivity index is 2.16. The molecule has 2 N–H and O–H groups in total. The monoisotopic (exact) mass is 319 g/mol. The molecule has 1 aliphatic heterocycles. The lowest BCUT2D eigenvalue weighted by Crippen LogP contribution is -2.40. The number of aliphatic carboxylic acids is 1. The van der Waals surface area contributed by atoms with Crippen LogP contribution in [0.4, 0.5) is 5.69 Å². The van der Waals surface area contributed by atoms with Crippen molar-refractivity contribution in [3.63, 3.8) is 0 Å². The third-order valence-corrected chi connectivity index (χ3v) is 4.93. The second-order valence-electron chi connectivity index (χ2n) is 5.29. The van der Waals surface area contributed by atoms with Crippen molar-refractivity contribution in [1.82, 2.24) is 0 Å². The number of para-hydroxylation sites is 1. The number of carbonyl (C=O) groups excluding carboxylic acids is 1. The summed E-state index contributed by atoms with van der Waals surface area (Å²) in [6, 6.07) is 6.31. The van der Waals surface area contributed by atoms with Gasteiger partial charge in [0.2, 0.25) is 0 Å². The number of ketones is 1. The van der Waals surface area contributed by atoms with E-state index in [9.17, 15) is 23.1 Å². The van der Waals surface area contributed by atoms with Crippen LogP contribution in [0.3, 0.4) is 0 Å². The quantitative estimate of drug-likeness (QED) is 0.850. The van der Waals surface area contributed by atoms with Crippen LogP contribution in [0, 0.1) is 5.92 Å². The van der Waals surface area contributed by atoms with Gasteiger partial charge in [0.25, 0.3) is 0 Å². The van der Waals surface area contributed by atoms with Crippen molar-refractivity contribution in [3.8, 4) is 0 Å². The molecule has 6 nitrogen and oxygen atoms in total. The number of nitrogens with one attached hydrogen (secondary N) is 1. The smallest absolute Gasteiger partial charge is 0.336 e. The number of carboxylic acids is 1. The Morgan fingerprint density at radius 1 is 1.23 bits per heavy atom. The summed E-state index contributed by atoms with van der Waals surface area (Å²) in [4.78, 5) is 23.6. The number of anilines is 1. The molecule has 0 fully saturated rings. The number of fused-ring (bicyclic) bond motifs is 2. The molecule has 1 aromatic rings. The SMILES string of the molecule is CS(=O)(=O)C1=CC2C(=O)c3ccccc3NC2C=C1C(=O)O. The molecule has 0 radical (unpaired) electrons. The molecule has 0 saturated carbocycles. The van der Waals surface area contributed by atoms with E-state index in [1.165, 1.54) is 12.2 Å². The first-order chi connectivity index (χ1) is 10.3. The van der Waals surface area contributed by atoms with Gasteiger partial charge in [-0.15, -0.1) is 0 Å². The van der Waals surface area contributed by atoms with Gasteiger partial charge in [-0.05, 0) is 18.2 Å². The van der Waals surface area contributed by atoms with Crippen molar-refractivity contribution in [1.29, 1.82) is 0 Å². The van der Waals surface area contributed by atoms with Gasteiger partial charge in [0.05, 0.1) is 22.4 Å². The molecular weight excluding hydrogens is 306 g/mol. The number of carboxylic acid groups (broad SMARTS) is 1. The van der Waals surface area contributed by atoms with Gasteiger partial charge in [-0.25, -0.2) is 13.2 Å². The number of benzene rings is 1. The van der Waals surface area contributed by atoms with E-state index in [2.05, 4.69) is 5.32 Å². The molecule has 1 aliphatic carbocycles. The molecule has 114 valence electrons. The Morgan fingerprint density at radius 2 is 1.91 bits per heavy atom. The van der Waals surface area contributed by atoms with Crippen LogP contribution in [0.1, 0.15) is 10.4 Å². The van der Waals surface area contributed by atoms with E-state index in [-0.39, 0.29) is 16.3 Å². The maximum atomic E-state index is 12.5. The molecule has 0 amide bonds. The molecule has 0 aromatic heterocycles. The topological polar surface area (TPSA) is 101 Å². The molecule has 2 atom stereocenters. The van der Waals surface area contributed by atoms with Crippen LogP contribution >= 0.6 is 0 Å². The molecule has 1 heterocycles. The molecule has 1 aromatic carbocycles. The summed E-state index contributed by atoms with van der Waals surface area (Å²) in [7, 11) is -3.74. The van der Waals surface area contributed by atoms with E-state index in [4.69, 9.17) is 0 Å². The van der Waals surface area contributed by atoms with Crippen LogP contribution in [-0.2, 0) is 14.6 Å². The average Bonchev–Trinajstić information content (AvgIpc) is 2.45. The molecule has 2 aliphatic rings. The standard InChI is InChI=1S/C15H13NO5S/c1-22(20,21)13-7-9-12(6-10(13)15(18)19)16-11-5-3-2-4-8(11)14(9)17/h2-7,9,12,16H,1H3,(H,18,19). The number of hydrogen-bond acceptors (Lipinski definition) is 5. The first kappa shape index (κ1) is 14.5. The van der Waals surface area contributed by atoms with Gasteiger partial charge in [0, 0.05) is 17.5 Å². The Morgan fingerprint density at radius 3 is 2.55 bits per heavy atom. The van der Waals surface area contributed by atoms with Crippen LogP contribution < -0.4 is 5.32 Å². The fourth-order valence-corrected chi connectivity index (χ4v) is 3.72. The lowest BCUT2D eigenvalue weighted by molar-refractivity contribution is -0.132. The van der Waals surface area contributed by atoms with Crippen LogP contribution in [0.2, 0.25) is 0 Å². The van der Waals surface area contributed by atoms with Crippen LogP contribution in [0.25, 0.3) is 0 Å². The number of carbonyl (C=O) groups is 2. The van der Waals surface area contributed by atoms with Crippen molar-refractivity contribution in [2.45, 2.75) is 6.04 Å². The van der Waals surface area contributed by atoms with Crippen molar-refractivity contribution in [2.24, 2.45) is 5.92 Å². The zero-order valence-corrected chi connectivity index (χ0v) is 12.4. The summed E-state index contributed by atoms with van der Waals surface area (Å²) in [5, 5.41) is 12.3. The minimum Gasteiger partial charge on any atom is -0.478 e. The molecule has 2 unspecified atom stereocenters. The Hall–Kier alpha value is -2.41. The van der Waals surface area contributed by atoms with Crippen LogP contribution in [0.15, 0.2) is 46.9 Å². The molecule has 22 heavy (non-hydrogen) atoms. The number of hydrogen-bond donors (Lipinski definition) is 2.